The standard InChI is InChI=1S/C26H28N6O3/c1-17-6-5-7-18(12-17)13-29-25(35)26(2)15-31-16-30-21(22(31)24(34)32(26)20-9-10-20)23(33)28-14-19-8-3-4-11-27-19/h3-8,11-12,16,20H,9-10,13-15H2,1-2H3,(H,28,33)(H,29,35)/t26-/m0/s1. The summed E-state index contributed by atoms with van der Waals surface area (Å²) < 4.78 is 1.63. The summed E-state index contributed by atoms with van der Waals surface area (Å²) in [6, 6.07) is 13.4. The number of aryl methyl sites for hydroxylation is 1. The second kappa shape index (κ2) is 8.98. The van der Waals surface area contributed by atoms with E-state index in [0.29, 0.717) is 12.2 Å². The summed E-state index contributed by atoms with van der Waals surface area (Å²) in [5, 5.41) is 5.81. The quantitative estimate of drug-likeness (QED) is 0.548. The lowest BCUT2D eigenvalue weighted by atomic mass is 9.93. The van der Waals surface area contributed by atoms with Crippen LogP contribution in [0.1, 0.15) is 57.6 Å². The van der Waals surface area contributed by atoms with E-state index in [1.165, 1.54) is 6.33 Å². The Bertz CT molecular complexity index is 1280. The molecule has 1 aliphatic heterocycles. The van der Waals surface area contributed by atoms with Crippen LogP contribution in [0.3, 0.4) is 0 Å². The van der Waals surface area contributed by atoms with Crippen molar-refractivity contribution in [1.82, 2.24) is 30.1 Å². The van der Waals surface area contributed by atoms with E-state index < -0.39 is 11.4 Å². The molecule has 3 heterocycles. The molecule has 0 radical (unpaired) electrons. The molecule has 0 unspecified atom stereocenters. The van der Waals surface area contributed by atoms with Crippen molar-refractivity contribution in [2.45, 2.75) is 57.9 Å². The Balaban J connectivity index is 1.37. The molecule has 1 atom stereocenters. The number of nitrogens with zero attached hydrogens (tertiary/aromatic N) is 4. The van der Waals surface area contributed by atoms with Crippen molar-refractivity contribution in [3.05, 3.63) is 83.2 Å². The van der Waals surface area contributed by atoms with Gasteiger partial charge >= 0.3 is 0 Å². The van der Waals surface area contributed by atoms with Crippen LogP contribution < -0.4 is 10.6 Å². The van der Waals surface area contributed by atoms with Gasteiger partial charge in [-0.2, -0.15) is 0 Å². The molecule has 0 bridgehead atoms. The van der Waals surface area contributed by atoms with Gasteiger partial charge in [0.15, 0.2) is 5.69 Å². The third kappa shape index (κ3) is 4.41. The zero-order chi connectivity index (χ0) is 24.6. The number of pyridine rings is 1. The molecule has 180 valence electrons. The van der Waals surface area contributed by atoms with Gasteiger partial charge in [-0.15, -0.1) is 0 Å². The number of hydrogen-bond acceptors (Lipinski definition) is 5. The summed E-state index contributed by atoms with van der Waals surface area (Å²) >= 11 is 0. The first-order valence-corrected chi connectivity index (χ1v) is 11.8. The summed E-state index contributed by atoms with van der Waals surface area (Å²) in [6.45, 7) is 4.63. The molecular weight excluding hydrogens is 444 g/mol. The number of amides is 3. The second-order valence-corrected chi connectivity index (χ2v) is 9.43. The van der Waals surface area contributed by atoms with Crippen molar-refractivity contribution in [3.8, 4) is 0 Å². The molecule has 2 aromatic heterocycles. The fraction of sp³-hybridized carbons (Fsp3) is 0.346. The topological polar surface area (TPSA) is 109 Å². The summed E-state index contributed by atoms with van der Waals surface area (Å²) in [5.41, 5.74) is 2.03. The summed E-state index contributed by atoms with van der Waals surface area (Å²) in [6.07, 6.45) is 4.80. The number of hydrogen-bond donors (Lipinski definition) is 2. The van der Waals surface area contributed by atoms with Gasteiger partial charge in [-0.25, -0.2) is 4.98 Å². The average molecular weight is 473 g/mol. The first kappa shape index (κ1) is 22.8. The van der Waals surface area contributed by atoms with E-state index >= 15 is 0 Å². The van der Waals surface area contributed by atoms with E-state index in [1.807, 2.05) is 43.3 Å². The first-order valence-electron chi connectivity index (χ1n) is 11.8. The highest BCUT2D eigenvalue weighted by molar-refractivity contribution is 6.07. The molecule has 1 aromatic carbocycles. The maximum absolute atomic E-state index is 13.7. The van der Waals surface area contributed by atoms with Crippen molar-refractivity contribution in [2.75, 3.05) is 0 Å². The number of nitrogens with one attached hydrogen (secondary N) is 2. The monoisotopic (exact) mass is 472 g/mol. The average Bonchev–Trinajstić information content (AvgIpc) is 3.59. The van der Waals surface area contributed by atoms with Gasteiger partial charge < -0.3 is 20.1 Å². The number of aromatic nitrogens is 3. The minimum absolute atomic E-state index is 0.0229. The zero-order valence-corrected chi connectivity index (χ0v) is 19.8. The van der Waals surface area contributed by atoms with E-state index in [0.717, 1.165) is 24.0 Å². The Morgan fingerprint density at radius 1 is 1.09 bits per heavy atom. The Kier molecular flexibility index (Phi) is 5.84. The largest absolute Gasteiger partial charge is 0.350 e. The van der Waals surface area contributed by atoms with E-state index in [-0.39, 0.29) is 42.3 Å². The maximum Gasteiger partial charge on any atom is 0.274 e. The van der Waals surface area contributed by atoms with Gasteiger partial charge in [-0.05, 0) is 44.4 Å². The molecule has 2 N–H and O–H groups in total. The van der Waals surface area contributed by atoms with Gasteiger partial charge in [-0.3, -0.25) is 19.4 Å². The van der Waals surface area contributed by atoms with E-state index in [9.17, 15) is 14.4 Å². The highest BCUT2D eigenvalue weighted by Gasteiger charge is 2.53. The molecule has 2 aliphatic rings. The van der Waals surface area contributed by atoms with Crippen LogP contribution in [0.15, 0.2) is 55.0 Å². The van der Waals surface area contributed by atoms with Gasteiger partial charge in [0.1, 0.15) is 11.2 Å². The van der Waals surface area contributed by atoms with Crippen LogP contribution in [-0.2, 0) is 24.4 Å². The number of carbonyl (C=O) groups is 3. The fourth-order valence-electron chi connectivity index (χ4n) is 4.67. The molecule has 0 spiro atoms. The van der Waals surface area contributed by atoms with Gasteiger partial charge in [0.05, 0.1) is 25.1 Å². The van der Waals surface area contributed by atoms with Crippen LogP contribution in [0.5, 0.6) is 0 Å². The van der Waals surface area contributed by atoms with Gasteiger partial charge in [0.25, 0.3) is 11.8 Å². The molecule has 9 nitrogen and oxygen atoms in total. The number of carbonyl (C=O) groups excluding carboxylic acids is 3. The summed E-state index contributed by atoms with van der Waals surface area (Å²) in [4.78, 5) is 50.2. The van der Waals surface area contributed by atoms with Gasteiger partial charge in [0.2, 0.25) is 5.91 Å². The van der Waals surface area contributed by atoms with Crippen LogP contribution >= 0.6 is 0 Å². The number of benzene rings is 1. The van der Waals surface area contributed by atoms with Gasteiger partial charge in [0, 0.05) is 18.8 Å². The van der Waals surface area contributed by atoms with Crippen molar-refractivity contribution >= 4 is 17.7 Å². The van der Waals surface area contributed by atoms with Crippen LogP contribution in [0, 0.1) is 6.92 Å². The first-order chi connectivity index (χ1) is 16.9. The van der Waals surface area contributed by atoms with E-state index in [2.05, 4.69) is 20.6 Å². The molecule has 1 aliphatic carbocycles. The molecule has 3 amide bonds. The van der Waals surface area contributed by atoms with E-state index in [4.69, 9.17) is 0 Å². The van der Waals surface area contributed by atoms with Crippen LogP contribution in [0.4, 0.5) is 0 Å². The maximum atomic E-state index is 13.7. The highest BCUT2D eigenvalue weighted by atomic mass is 16.2. The minimum atomic E-state index is -1.09. The molecule has 1 saturated carbocycles. The Hall–Kier alpha value is -4.01. The van der Waals surface area contributed by atoms with Crippen LogP contribution in [0.2, 0.25) is 0 Å². The lowest BCUT2D eigenvalue weighted by molar-refractivity contribution is -0.133. The third-order valence-electron chi connectivity index (χ3n) is 6.58. The normalized spacial score (nSPS) is 19.3. The third-order valence-corrected chi connectivity index (χ3v) is 6.58. The lowest BCUT2D eigenvalue weighted by Gasteiger charge is -2.44. The number of imidazole rings is 1. The molecule has 0 saturated heterocycles. The Morgan fingerprint density at radius 2 is 1.91 bits per heavy atom. The Labute approximate surface area is 203 Å². The number of fused-ring (bicyclic) bond motifs is 1. The van der Waals surface area contributed by atoms with Crippen molar-refractivity contribution < 1.29 is 14.4 Å². The lowest BCUT2D eigenvalue weighted by Crippen LogP contribution is -2.64. The molecule has 3 aromatic rings. The van der Waals surface area contributed by atoms with Crippen LogP contribution in [0.25, 0.3) is 0 Å². The predicted molar refractivity (Wildman–Crippen MR) is 128 cm³/mol. The van der Waals surface area contributed by atoms with Crippen molar-refractivity contribution in [1.29, 1.82) is 0 Å². The van der Waals surface area contributed by atoms with Crippen molar-refractivity contribution in [3.63, 3.8) is 0 Å². The van der Waals surface area contributed by atoms with Crippen molar-refractivity contribution in [2.24, 2.45) is 0 Å². The summed E-state index contributed by atoms with van der Waals surface area (Å²) in [7, 11) is 0. The number of rotatable bonds is 7. The van der Waals surface area contributed by atoms with Crippen LogP contribution in [-0.4, -0.2) is 48.7 Å². The molecule has 35 heavy (non-hydrogen) atoms. The molecule has 1 fully saturated rings. The van der Waals surface area contributed by atoms with E-state index in [1.54, 1.807) is 28.7 Å². The minimum Gasteiger partial charge on any atom is -0.350 e. The zero-order valence-electron chi connectivity index (χ0n) is 19.8. The molecule has 5 rings (SSSR count). The molecule has 9 heteroatoms. The van der Waals surface area contributed by atoms with Gasteiger partial charge in [-0.1, -0.05) is 35.9 Å². The SMILES string of the molecule is Cc1cccc(CNC(=O)[C@]2(C)Cn3cnc(C(=O)NCc4ccccn4)c3C(=O)N2C2CC2)c1. The predicted octanol–water partition coefficient (Wildman–Crippen LogP) is 2.21. The fourth-order valence-corrected chi connectivity index (χ4v) is 4.67. The molecular formula is C26H28N6O3. The Morgan fingerprint density at radius 3 is 2.63 bits per heavy atom. The highest BCUT2D eigenvalue weighted by Crippen LogP contribution is 2.38. The summed E-state index contributed by atoms with van der Waals surface area (Å²) in [5.74, 6) is -1.01. The smallest absolute Gasteiger partial charge is 0.274 e. The second-order valence-electron chi connectivity index (χ2n) is 9.43.